The van der Waals surface area contributed by atoms with Crippen molar-refractivity contribution in [1.82, 2.24) is 0 Å². The molecule has 5 nitrogen and oxygen atoms in total. The zero-order valence-electron chi connectivity index (χ0n) is 9.56. The molecule has 0 aliphatic heterocycles. The van der Waals surface area contributed by atoms with E-state index < -0.39 is 5.97 Å². The van der Waals surface area contributed by atoms with Crippen molar-refractivity contribution in [2.24, 2.45) is 0 Å². The minimum Gasteiger partial charge on any atom is -0.462 e. The van der Waals surface area contributed by atoms with Crippen molar-refractivity contribution in [3.05, 3.63) is 17.0 Å². The summed E-state index contributed by atoms with van der Waals surface area (Å²) in [7, 11) is 0. The summed E-state index contributed by atoms with van der Waals surface area (Å²) in [5, 5.41) is 13.4. The molecule has 0 aliphatic carbocycles. The van der Waals surface area contributed by atoms with E-state index in [1.807, 2.05) is 0 Å². The summed E-state index contributed by atoms with van der Waals surface area (Å²) in [6, 6.07) is 1.62. The van der Waals surface area contributed by atoms with Gasteiger partial charge in [0.25, 0.3) is 0 Å². The third-order valence-corrected chi connectivity index (χ3v) is 2.81. The van der Waals surface area contributed by atoms with Gasteiger partial charge in [-0.2, -0.15) is 0 Å². The van der Waals surface area contributed by atoms with Gasteiger partial charge >= 0.3 is 5.97 Å². The molecule has 0 bridgehead atoms. The molecule has 1 heterocycles. The van der Waals surface area contributed by atoms with Gasteiger partial charge in [-0.3, -0.25) is 4.79 Å². The fraction of sp³-hybridized carbons (Fsp3) is 0.455. The molecule has 0 saturated carbocycles. The Morgan fingerprint density at radius 1 is 1.53 bits per heavy atom. The van der Waals surface area contributed by atoms with E-state index in [1.165, 1.54) is 11.3 Å². The highest BCUT2D eigenvalue weighted by molar-refractivity contribution is 7.14. The number of esters is 1. The van der Waals surface area contributed by atoms with Crippen LogP contribution in [-0.4, -0.2) is 30.2 Å². The highest BCUT2D eigenvalue weighted by Gasteiger charge is 2.15. The van der Waals surface area contributed by atoms with Crippen LogP contribution in [-0.2, 0) is 9.53 Å². The average Bonchev–Trinajstić information content (AvgIpc) is 2.75. The Hall–Kier alpha value is -1.40. The van der Waals surface area contributed by atoms with Crippen molar-refractivity contribution in [1.29, 1.82) is 0 Å². The van der Waals surface area contributed by atoms with Crippen LogP contribution in [0.4, 0.5) is 5.00 Å². The molecule has 94 valence electrons. The maximum absolute atomic E-state index is 11.5. The number of aliphatic hydroxyl groups is 1. The van der Waals surface area contributed by atoms with Crippen LogP contribution in [0.25, 0.3) is 0 Å². The number of anilines is 1. The number of ether oxygens (including phenoxy) is 1. The Labute approximate surface area is 103 Å². The number of hydrogen-bond acceptors (Lipinski definition) is 5. The molecular formula is C11H15NO4S. The first kappa shape index (κ1) is 13.7. The molecule has 1 amide bonds. The summed E-state index contributed by atoms with van der Waals surface area (Å²) in [5.74, 6) is -0.654. The van der Waals surface area contributed by atoms with E-state index >= 15 is 0 Å². The van der Waals surface area contributed by atoms with Gasteiger partial charge in [-0.25, -0.2) is 4.79 Å². The van der Waals surface area contributed by atoms with Crippen molar-refractivity contribution >= 4 is 28.2 Å². The predicted molar refractivity (Wildman–Crippen MR) is 65.2 cm³/mol. The minimum absolute atomic E-state index is 0.0252. The van der Waals surface area contributed by atoms with Crippen LogP contribution < -0.4 is 5.32 Å². The molecule has 0 spiro atoms. The van der Waals surface area contributed by atoms with E-state index in [9.17, 15) is 9.59 Å². The summed E-state index contributed by atoms with van der Waals surface area (Å²) in [6.07, 6.45) is 0.641. The topological polar surface area (TPSA) is 75.6 Å². The van der Waals surface area contributed by atoms with Crippen LogP contribution in [0, 0.1) is 0 Å². The van der Waals surface area contributed by atoms with Crippen LogP contribution in [0.3, 0.4) is 0 Å². The molecule has 0 fully saturated rings. The molecule has 0 atom stereocenters. The van der Waals surface area contributed by atoms with E-state index in [1.54, 1.807) is 18.4 Å². The zero-order valence-corrected chi connectivity index (χ0v) is 10.4. The van der Waals surface area contributed by atoms with E-state index in [2.05, 4.69) is 5.32 Å². The first-order valence-corrected chi connectivity index (χ1v) is 6.22. The Morgan fingerprint density at radius 2 is 2.29 bits per heavy atom. The lowest BCUT2D eigenvalue weighted by atomic mass is 10.3. The molecule has 0 unspecified atom stereocenters. The smallest absolute Gasteiger partial charge is 0.341 e. The fourth-order valence-corrected chi connectivity index (χ4v) is 2.00. The second kappa shape index (κ2) is 7.03. The summed E-state index contributed by atoms with van der Waals surface area (Å²) in [6.45, 7) is 2.00. The SMILES string of the molecule is CCOC(=O)c1ccsc1NC(=O)CCCO. The van der Waals surface area contributed by atoms with Gasteiger partial charge in [-0.15, -0.1) is 11.3 Å². The Kier molecular flexibility index (Phi) is 5.65. The van der Waals surface area contributed by atoms with Crippen LogP contribution in [0.1, 0.15) is 30.1 Å². The van der Waals surface area contributed by atoms with Gasteiger partial charge in [-0.1, -0.05) is 0 Å². The molecule has 1 aromatic rings. The quantitative estimate of drug-likeness (QED) is 0.760. The maximum Gasteiger partial charge on any atom is 0.341 e. The summed E-state index contributed by atoms with van der Waals surface area (Å²) in [4.78, 5) is 22.9. The number of carbonyl (C=O) groups excluding carboxylic acids is 2. The first-order valence-electron chi connectivity index (χ1n) is 5.34. The summed E-state index contributed by atoms with van der Waals surface area (Å²) >= 11 is 1.27. The number of carbonyl (C=O) groups is 2. The minimum atomic E-state index is -0.439. The maximum atomic E-state index is 11.5. The second-order valence-electron chi connectivity index (χ2n) is 3.26. The van der Waals surface area contributed by atoms with Crippen molar-refractivity contribution in [2.75, 3.05) is 18.5 Å². The monoisotopic (exact) mass is 257 g/mol. The van der Waals surface area contributed by atoms with Gasteiger partial charge in [0, 0.05) is 13.0 Å². The number of amides is 1. The lowest BCUT2D eigenvalue weighted by Crippen LogP contribution is -2.14. The third-order valence-electron chi connectivity index (χ3n) is 1.98. The van der Waals surface area contributed by atoms with E-state index in [4.69, 9.17) is 9.84 Å². The van der Waals surface area contributed by atoms with Gasteiger partial charge in [0.2, 0.25) is 5.91 Å². The molecule has 0 radical (unpaired) electrons. The van der Waals surface area contributed by atoms with Crippen LogP contribution in [0.2, 0.25) is 0 Å². The predicted octanol–water partition coefficient (Wildman–Crippen LogP) is 1.64. The molecule has 17 heavy (non-hydrogen) atoms. The highest BCUT2D eigenvalue weighted by atomic mass is 32.1. The molecular weight excluding hydrogens is 242 g/mol. The molecule has 0 aromatic carbocycles. The molecule has 0 saturated heterocycles. The number of hydrogen-bond donors (Lipinski definition) is 2. The van der Waals surface area contributed by atoms with Crippen LogP contribution in [0.5, 0.6) is 0 Å². The number of aliphatic hydroxyl groups excluding tert-OH is 1. The zero-order chi connectivity index (χ0) is 12.7. The standard InChI is InChI=1S/C11H15NO4S/c1-2-16-11(15)8-5-7-17-10(8)12-9(14)4-3-6-13/h5,7,13H,2-4,6H2,1H3,(H,12,14). The van der Waals surface area contributed by atoms with Crippen molar-refractivity contribution in [3.63, 3.8) is 0 Å². The molecule has 1 rings (SSSR count). The Morgan fingerprint density at radius 3 is 2.94 bits per heavy atom. The van der Waals surface area contributed by atoms with Crippen molar-refractivity contribution in [3.8, 4) is 0 Å². The van der Waals surface area contributed by atoms with Crippen LogP contribution in [0.15, 0.2) is 11.4 Å². The fourth-order valence-electron chi connectivity index (χ4n) is 1.20. The van der Waals surface area contributed by atoms with Crippen molar-refractivity contribution < 1.29 is 19.4 Å². The largest absolute Gasteiger partial charge is 0.462 e. The molecule has 0 aliphatic rings. The molecule has 1 aromatic heterocycles. The Bertz CT molecular complexity index is 389. The van der Waals surface area contributed by atoms with Gasteiger partial charge in [-0.05, 0) is 24.8 Å². The normalized spacial score (nSPS) is 10.0. The number of thiophene rings is 1. The number of nitrogens with one attached hydrogen (secondary N) is 1. The van der Waals surface area contributed by atoms with Gasteiger partial charge in [0.15, 0.2) is 0 Å². The lowest BCUT2D eigenvalue weighted by molar-refractivity contribution is -0.116. The van der Waals surface area contributed by atoms with Crippen LogP contribution >= 0.6 is 11.3 Å². The van der Waals surface area contributed by atoms with E-state index in [0.29, 0.717) is 23.6 Å². The highest BCUT2D eigenvalue weighted by Crippen LogP contribution is 2.24. The Balaban J connectivity index is 2.62. The molecule has 2 N–H and O–H groups in total. The van der Waals surface area contributed by atoms with Gasteiger partial charge in [0.1, 0.15) is 5.00 Å². The average molecular weight is 257 g/mol. The third kappa shape index (κ3) is 4.16. The van der Waals surface area contributed by atoms with Crippen molar-refractivity contribution in [2.45, 2.75) is 19.8 Å². The van der Waals surface area contributed by atoms with Gasteiger partial charge in [0.05, 0.1) is 12.2 Å². The van der Waals surface area contributed by atoms with Gasteiger partial charge < -0.3 is 15.2 Å². The second-order valence-corrected chi connectivity index (χ2v) is 4.18. The summed E-state index contributed by atoms with van der Waals surface area (Å²) < 4.78 is 4.87. The van der Waals surface area contributed by atoms with E-state index in [-0.39, 0.29) is 18.9 Å². The van der Waals surface area contributed by atoms with E-state index in [0.717, 1.165) is 0 Å². The number of rotatable bonds is 6. The summed E-state index contributed by atoms with van der Waals surface area (Å²) in [5.41, 5.74) is 0.370. The molecule has 6 heteroatoms. The lowest BCUT2D eigenvalue weighted by Gasteiger charge is -2.05. The first-order chi connectivity index (χ1) is 8.19.